The number of methoxy groups -OCH3 is 3. The van der Waals surface area contributed by atoms with E-state index in [9.17, 15) is 15.0 Å². The van der Waals surface area contributed by atoms with E-state index in [0.29, 0.717) is 22.8 Å². The van der Waals surface area contributed by atoms with Crippen molar-refractivity contribution in [2.24, 2.45) is 0 Å². The van der Waals surface area contributed by atoms with Crippen LogP contribution < -0.4 is 19.6 Å². The molecule has 3 rings (SSSR count). The maximum Gasteiger partial charge on any atom is 0.197 e. The van der Waals surface area contributed by atoms with E-state index in [4.69, 9.17) is 18.6 Å². The molecule has 2 aromatic carbocycles. The fourth-order valence-electron chi connectivity index (χ4n) is 2.63. The Kier molecular flexibility index (Phi) is 4.14. The van der Waals surface area contributed by atoms with Gasteiger partial charge >= 0.3 is 0 Å². The highest BCUT2D eigenvalue weighted by Crippen LogP contribution is 2.42. The SMILES string of the molecule is COc1cc(OC)c(-c2cc(=O)c3c(O)cc(O)cc3o2)c(OC)c1. The fourth-order valence-corrected chi connectivity index (χ4v) is 2.63. The van der Waals surface area contributed by atoms with Crippen molar-refractivity contribution in [3.05, 3.63) is 40.6 Å². The van der Waals surface area contributed by atoms with Gasteiger partial charge < -0.3 is 28.8 Å². The molecule has 1 aromatic heterocycles. The zero-order chi connectivity index (χ0) is 18.1. The number of hydrogen-bond acceptors (Lipinski definition) is 7. The number of hydrogen-bond donors (Lipinski definition) is 2. The number of benzene rings is 2. The van der Waals surface area contributed by atoms with Gasteiger partial charge in [-0.3, -0.25) is 4.79 Å². The van der Waals surface area contributed by atoms with Gasteiger partial charge in [0, 0.05) is 30.3 Å². The largest absolute Gasteiger partial charge is 0.508 e. The molecule has 0 atom stereocenters. The summed E-state index contributed by atoms with van der Waals surface area (Å²) in [6.45, 7) is 0. The van der Waals surface area contributed by atoms with Gasteiger partial charge in [0.2, 0.25) is 0 Å². The van der Waals surface area contributed by atoms with Crippen molar-refractivity contribution in [1.29, 1.82) is 0 Å². The third-order valence-corrected chi connectivity index (χ3v) is 3.76. The average molecular weight is 344 g/mol. The van der Waals surface area contributed by atoms with E-state index in [0.717, 1.165) is 6.07 Å². The third-order valence-electron chi connectivity index (χ3n) is 3.76. The summed E-state index contributed by atoms with van der Waals surface area (Å²) >= 11 is 0. The van der Waals surface area contributed by atoms with Gasteiger partial charge in [0.1, 0.15) is 51.0 Å². The third kappa shape index (κ3) is 2.80. The molecule has 2 N–H and O–H groups in total. The molecule has 0 bridgehead atoms. The number of rotatable bonds is 4. The summed E-state index contributed by atoms with van der Waals surface area (Å²) in [5, 5.41) is 19.5. The van der Waals surface area contributed by atoms with E-state index < -0.39 is 5.43 Å². The van der Waals surface area contributed by atoms with Gasteiger partial charge in [-0.1, -0.05) is 0 Å². The zero-order valence-corrected chi connectivity index (χ0v) is 13.8. The van der Waals surface area contributed by atoms with Crippen LogP contribution in [0.2, 0.25) is 0 Å². The first-order valence-corrected chi connectivity index (χ1v) is 7.28. The molecule has 0 radical (unpaired) electrons. The van der Waals surface area contributed by atoms with Crippen molar-refractivity contribution in [1.82, 2.24) is 0 Å². The van der Waals surface area contributed by atoms with Crippen LogP contribution in [0.15, 0.2) is 39.5 Å². The highest BCUT2D eigenvalue weighted by molar-refractivity contribution is 5.87. The van der Waals surface area contributed by atoms with Crippen LogP contribution in [0.1, 0.15) is 0 Å². The van der Waals surface area contributed by atoms with Crippen LogP contribution in [0.25, 0.3) is 22.3 Å². The van der Waals surface area contributed by atoms with Gasteiger partial charge in [0.25, 0.3) is 0 Å². The van der Waals surface area contributed by atoms with Crippen molar-refractivity contribution in [3.63, 3.8) is 0 Å². The molecule has 0 fully saturated rings. The van der Waals surface area contributed by atoms with E-state index in [2.05, 4.69) is 0 Å². The Morgan fingerprint density at radius 3 is 2.08 bits per heavy atom. The highest BCUT2D eigenvalue weighted by atomic mass is 16.5. The summed E-state index contributed by atoms with van der Waals surface area (Å²) in [6, 6.07) is 6.81. The minimum absolute atomic E-state index is 0.0204. The van der Waals surface area contributed by atoms with E-state index in [1.807, 2.05) is 0 Å². The van der Waals surface area contributed by atoms with Crippen LogP contribution in [-0.2, 0) is 0 Å². The molecule has 0 saturated heterocycles. The maximum atomic E-state index is 12.4. The van der Waals surface area contributed by atoms with Crippen LogP contribution in [0.3, 0.4) is 0 Å². The molecular formula is C18H16O7. The maximum absolute atomic E-state index is 12.4. The minimum atomic E-state index is -0.464. The lowest BCUT2D eigenvalue weighted by Gasteiger charge is -2.14. The van der Waals surface area contributed by atoms with Crippen LogP contribution in [0, 0.1) is 0 Å². The van der Waals surface area contributed by atoms with Crippen molar-refractivity contribution >= 4 is 11.0 Å². The second-order valence-electron chi connectivity index (χ2n) is 5.22. The van der Waals surface area contributed by atoms with E-state index in [-0.39, 0.29) is 28.2 Å². The smallest absolute Gasteiger partial charge is 0.197 e. The lowest BCUT2D eigenvalue weighted by molar-refractivity contribution is 0.376. The highest BCUT2D eigenvalue weighted by Gasteiger charge is 2.20. The number of fused-ring (bicyclic) bond motifs is 1. The minimum Gasteiger partial charge on any atom is -0.508 e. The Labute approximate surface area is 142 Å². The van der Waals surface area contributed by atoms with Crippen molar-refractivity contribution in [2.75, 3.05) is 21.3 Å². The molecule has 0 aliphatic rings. The normalized spacial score (nSPS) is 10.7. The first-order chi connectivity index (χ1) is 12.0. The van der Waals surface area contributed by atoms with Gasteiger partial charge in [0.15, 0.2) is 5.43 Å². The standard InChI is InChI=1S/C18H16O7/c1-22-10-6-13(23-2)18(14(7-10)24-3)16-8-12(21)17-11(20)4-9(19)5-15(17)25-16/h4-8,19-20H,1-3H3. The summed E-state index contributed by atoms with van der Waals surface area (Å²) in [5.41, 5.74) is -0.0127. The van der Waals surface area contributed by atoms with Crippen LogP contribution >= 0.6 is 0 Å². The predicted molar refractivity (Wildman–Crippen MR) is 90.9 cm³/mol. The molecule has 0 saturated carbocycles. The molecule has 130 valence electrons. The second kappa shape index (κ2) is 6.27. The average Bonchev–Trinajstić information content (AvgIpc) is 2.59. The molecular weight excluding hydrogens is 328 g/mol. The quantitative estimate of drug-likeness (QED) is 0.751. The van der Waals surface area contributed by atoms with E-state index in [1.165, 1.54) is 33.5 Å². The molecule has 0 spiro atoms. The summed E-state index contributed by atoms with van der Waals surface area (Å²) in [7, 11) is 4.44. The second-order valence-corrected chi connectivity index (χ2v) is 5.22. The molecule has 0 unspecified atom stereocenters. The monoisotopic (exact) mass is 344 g/mol. The molecule has 0 amide bonds. The zero-order valence-electron chi connectivity index (χ0n) is 13.8. The molecule has 7 heteroatoms. The summed E-state index contributed by atoms with van der Waals surface area (Å²) in [6.07, 6.45) is 0. The van der Waals surface area contributed by atoms with Crippen molar-refractivity contribution in [2.45, 2.75) is 0 Å². The lowest BCUT2D eigenvalue weighted by Crippen LogP contribution is -2.02. The van der Waals surface area contributed by atoms with Gasteiger partial charge in [0.05, 0.1) is 21.3 Å². The van der Waals surface area contributed by atoms with E-state index in [1.54, 1.807) is 12.1 Å². The molecule has 1 heterocycles. The van der Waals surface area contributed by atoms with Crippen LogP contribution in [-0.4, -0.2) is 31.5 Å². The lowest BCUT2D eigenvalue weighted by atomic mass is 10.1. The van der Waals surface area contributed by atoms with Crippen molar-refractivity contribution in [3.8, 4) is 40.1 Å². The van der Waals surface area contributed by atoms with Gasteiger partial charge in [-0.25, -0.2) is 0 Å². The van der Waals surface area contributed by atoms with Crippen molar-refractivity contribution < 1.29 is 28.8 Å². The van der Waals surface area contributed by atoms with Crippen LogP contribution in [0.4, 0.5) is 0 Å². The predicted octanol–water partition coefficient (Wildman–Crippen LogP) is 2.90. The number of phenols is 2. The summed E-state index contributed by atoms with van der Waals surface area (Å²) < 4.78 is 21.7. The first kappa shape index (κ1) is 16.5. The Hall–Kier alpha value is -3.35. The van der Waals surface area contributed by atoms with Crippen LogP contribution in [0.5, 0.6) is 28.7 Å². The van der Waals surface area contributed by atoms with Gasteiger partial charge in [-0.2, -0.15) is 0 Å². The molecule has 3 aromatic rings. The molecule has 0 aliphatic heterocycles. The molecule has 25 heavy (non-hydrogen) atoms. The Morgan fingerprint density at radius 2 is 1.52 bits per heavy atom. The number of phenolic OH excluding ortho intramolecular Hbond substituents is 2. The summed E-state index contributed by atoms with van der Waals surface area (Å²) in [4.78, 5) is 12.4. The van der Waals surface area contributed by atoms with Gasteiger partial charge in [-0.15, -0.1) is 0 Å². The first-order valence-electron chi connectivity index (χ1n) is 7.28. The molecule has 7 nitrogen and oxygen atoms in total. The Morgan fingerprint density at radius 1 is 0.880 bits per heavy atom. The Bertz CT molecular complexity index is 979. The van der Waals surface area contributed by atoms with Gasteiger partial charge in [-0.05, 0) is 0 Å². The number of ether oxygens (including phenoxy) is 3. The molecule has 0 aliphatic carbocycles. The number of aromatic hydroxyl groups is 2. The topological polar surface area (TPSA) is 98.4 Å². The Balaban J connectivity index is 2.35. The van der Waals surface area contributed by atoms with E-state index >= 15 is 0 Å². The summed E-state index contributed by atoms with van der Waals surface area (Å²) in [5.74, 6) is 0.851. The fraction of sp³-hybridized carbons (Fsp3) is 0.167.